The minimum Gasteiger partial charge on any atom is -0.358 e. The molecule has 0 N–H and O–H groups in total. The van der Waals surface area contributed by atoms with Gasteiger partial charge in [-0.15, -0.1) is 0 Å². The Hall–Kier alpha value is 0.390. The zero-order chi connectivity index (χ0) is 11.9. The Bertz CT molecular complexity index is 238. The van der Waals surface area contributed by atoms with Gasteiger partial charge < -0.3 is 13.9 Å². The molecule has 15 heavy (non-hydrogen) atoms. The van der Waals surface area contributed by atoms with Crippen molar-refractivity contribution in [1.29, 1.82) is 0 Å². The lowest BCUT2D eigenvalue weighted by molar-refractivity contribution is 0.281. The first kappa shape index (κ1) is 15.4. The Morgan fingerprint density at radius 1 is 1.33 bits per heavy atom. The number of thioether (sulfide) groups is 1. The van der Waals surface area contributed by atoms with Crippen LogP contribution >= 0.6 is 31.6 Å². The molecule has 0 saturated heterocycles. The third-order valence-electron chi connectivity index (χ3n) is 1.92. The van der Waals surface area contributed by atoms with E-state index < -0.39 is 7.60 Å². The first-order valence-electron chi connectivity index (χ1n) is 4.65. The molecule has 0 aromatic rings. The highest BCUT2D eigenvalue weighted by Crippen LogP contribution is 2.49. The summed E-state index contributed by atoms with van der Waals surface area (Å²) in [7, 11) is -0.186. The Labute approximate surface area is 101 Å². The summed E-state index contributed by atoms with van der Waals surface area (Å²) in [6, 6.07) is 0. The van der Waals surface area contributed by atoms with Gasteiger partial charge in [-0.05, 0) is 13.8 Å². The van der Waals surface area contributed by atoms with Crippen molar-refractivity contribution in [2.45, 2.75) is 13.8 Å². The molecule has 0 radical (unpaired) electrons. The zero-order valence-corrected chi connectivity index (χ0v) is 12.1. The van der Waals surface area contributed by atoms with E-state index in [2.05, 4.69) is 0 Å². The van der Waals surface area contributed by atoms with Gasteiger partial charge in [0.1, 0.15) is 9.81 Å². The van der Waals surface area contributed by atoms with Crippen LogP contribution in [0.1, 0.15) is 13.8 Å². The maximum absolute atomic E-state index is 11.7. The molecule has 0 saturated carbocycles. The maximum Gasteiger partial charge on any atom is 0.340 e. The molecule has 0 fully saturated rings. The Morgan fingerprint density at radius 3 is 2.13 bits per heavy atom. The molecule has 0 rings (SSSR count). The van der Waals surface area contributed by atoms with Gasteiger partial charge in [-0.3, -0.25) is 4.57 Å². The molecular weight excluding hydrogens is 253 g/mol. The summed E-state index contributed by atoms with van der Waals surface area (Å²) in [4.78, 5) is 2.02. The molecule has 0 amide bonds. The molecule has 0 heterocycles. The van der Waals surface area contributed by atoms with Gasteiger partial charge >= 0.3 is 7.60 Å². The molecule has 0 aliphatic heterocycles. The summed E-state index contributed by atoms with van der Waals surface area (Å²) in [5.74, 6) is 0. The van der Waals surface area contributed by atoms with E-state index in [1.54, 1.807) is 0 Å². The first-order valence-corrected chi connectivity index (χ1v) is 7.77. The Kier molecular flexibility index (Phi) is 7.83. The van der Waals surface area contributed by atoms with Crippen molar-refractivity contribution < 1.29 is 13.6 Å². The monoisotopic (exact) mass is 271 g/mol. The highest BCUT2D eigenvalue weighted by molar-refractivity contribution is 8.25. The molecular formula is C8H18NO3PS2. The van der Waals surface area contributed by atoms with Crippen LogP contribution in [0, 0.1) is 0 Å². The summed E-state index contributed by atoms with van der Waals surface area (Å²) in [5.41, 5.74) is 0.259. The van der Waals surface area contributed by atoms with Crippen LogP contribution in [0.2, 0.25) is 0 Å². The van der Waals surface area contributed by atoms with Crippen molar-refractivity contribution in [3.63, 3.8) is 0 Å². The van der Waals surface area contributed by atoms with E-state index in [0.717, 1.165) is 17.4 Å². The number of hydrogen-bond donors (Lipinski definition) is 0. The number of nitrogens with zero attached hydrogens (tertiary/aromatic N) is 1. The van der Waals surface area contributed by atoms with Gasteiger partial charge in [0.15, 0.2) is 0 Å². The average Bonchev–Trinajstić information content (AvgIpc) is 2.27. The van der Waals surface area contributed by atoms with Crippen LogP contribution in [-0.2, 0) is 13.6 Å². The van der Waals surface area contributed by atoms with E-state index in [1.807, 2.05) is 18.7 Å². The van der Waals surface area contributed by atoms with Crippen molar-refractivity contribution in [2.24, 2.45) is 0 Å². The van der Waals surface area contributed by atoms with Crippen molar-refractivity contribution in [2.75, 3.05) is 32.8 Å². The smallest absolute Gasteiger partial charge is 0.340 e. The van der Waals surface area contributed by atoms with Gasteiger partial charge in [-0.25, -0.2) is 0 Å². The van der Waals surface area contributed by atoms with Crippen LogP contribution in [-0.4, -0.2) is 42.0 Å². The van der Waals surface area contributed by atoms with Gasteiger partial charge in [0.05, 0.1) is 0 Å². The maximum atomic E-state index is 11.7. The lowest BCUT2D eigenvalue weighted by atomic mass is 10.6. The van der Waals surface area contributed by atoms with Crippen molar-refractivity contribution in [1.82, 2.24) is 4.90 Å². The number of rotatable bonds is 6. The van der Waals surface area contributed by atoms with E-state index in [9.17, 15) is 4.57 Å². The lowest BCUT2D eigenvalue weighted by Crippen LogP contribution is -2.26. The molecule has 0 atom stereocenters. The molecule has 0 unspecified atom stereocenters. The van der Waals surface area contributed by atoms with Crippen molar-refractivity contribution in [3.8, 4) is 0 Å². The van der Waals surface area contributed by atoms with Crippen LogP contribution in [0.15, 0.2) is 0 Å². The number of thiocarbonyl (C=S) groups is 1. The zero-order valence-electron chi connectivity index (χ0n) is 9.56. The molecule has 0 aromatic heterocycles. The van der Waals surface area contributed by atoms with Gasteiger partial charge in [-0.2, -0.15) is 0 Å². The molecule has 0 aliphatic rings. The topological polar surface area (TPSA) is 38.8 Å². The summed E-state index contributed by atoms with van der Waals surface area (Å²) in [6.07, 6.45) is 0. The Morgan fingerprint density at radius 2 is 1.80 bits per heavy atom. The van der Waals surface area contributed by atoms with E-state index in [0.29, 0.717) is 0 Å². The van der Waals surface area contributed by atoms with Crippen LogP contribution in [0.25, 0.3) is 0 Å². The lowest BCUT2D eigenvalue weighted by Gasteiger charge is -2.22. The molecule has 4 nitrogen and oxygen atoms in total. The summed E-state index contributed by atoms with van der Waals surface area (Å²) in [5, 5.41) is 0. The third kappa shape index (κ3) is 5.31. The van der Waals surface area contributed by atoms with E-state index in [1.165, 1.54) is 26.0 Å². The van der Waals surface area contributed by atoms with Gasteiger partial charge in [-0.1, -0.05) is 24.0 Å². The second kappa shape index (κ2) is 7.63. The molecule has 0 aromatic carbocycles. The molecule has 7 heteroatoms. The summed E-state index contributed by atoms with van der Waals surface area (Å²) >= 11 is 6.53. The fraction of sp³-hybridized carbons (Fsp3) is 0.875. The summed E-state index contributed by atoms with van der Waals surface area (Å²) < 4.78 is 22.1. The van der Waals surface area contributed by atoms with Crippen molar-refractivity contribution in [3.05, 3.63) is 0 Å². The second-order valence-electron chi connectivity index (χ2n) is 2.69. The highest BCUT2D eigenvalue weighted by atomic mass is 32.2. The average molecular weight is 271 g/mol. The predicted molar refractivity (Wildman–Crippen MR) is 69.6 cm³/mol. The molecule has 0 bridgehead atoms. The first-order chi connectivity index (χ1) is 7.02. The molecule has 0 aliphatic carbocycles. The number of hydrogen-bond acceptors (Lipinski definition) is 5. The second-order valence-corrected chi connectivity index (χ2v) is 6.99. The van der Waals surface area contributed by atoms with E-state index >= 15 is 0 Å². The predicted octanol–water partition coefficient (Wildman–Crippen LogP) is 2.79. The van der Waals surface area contributed by atoms with Crippen molar-refractivity contribution >= 4 is 35.9 Å². The fourth-order valence-electron chi connectivity index (χ4n) is 0.887. The van der Waals surface area contributed by atoms with Crippen LogP contribution in [0.5, 0.6) is 0 Å². The van der Waals surface area contributed by atoms with E-state index in [4.69, 9.17) is 21.3 Å². The SMILES string of the molecule is CCN(CC)C(=S)SCP(=O)(OC)OC. The normalized spacial score (nSPS) is 11.5. The van der Waals surface area contributed by atoms with Gasteiger partial charge in [0, 0.05) is 27.3 Å². The van der Waals surface area contributed by atoms with Crippen LogP contribution in [0.4, 0.5) is 0 Å². The van der Waals surface area contributed by atoms with Crippen LogP contribution < -0.4 is 0 Å². The van der Waals surface area contributed by atoms with E-state index in [-0.39, 0.29) is 5.49 Å². The third-order valence-corrected chi connectivity index (χ3v) is 5.94. The standard InChI is InChI=1S/C8H18NO3PS2/c1-5-9(6-2)8(14)15-7-13(10,11-3)12-4/h5-7H2,1-4H3. The minimum atomic E-state index is -2.95. The Balaban J connectivity index is 4.15. The minimum absolute atomic E-state index is 0.259. The molecule has 90 valence electrons. The quantitative estimate of drug-likeness (QED) is 0.546. The van der Waals surface area contributed by atoms with Gasteiger partial charge in [0.25, 0.3) is 0 Å². The van der Waals surface area contributed by atoms with Crippen LogP contribution in [0.3, 0.4) is 0 Å². The van der Waals surface area contributed by atoms with Gasteiger partial charge in [0.2, 0.25) is 0 Å². The summed E-state index contributed by atoms with van der Waals surface area (Å²) in [6.45, 7) is 5.77. The molecule has 0 spiro atoms. The fourth-order valence-corrected chi connectivity index (χ4v) is 4.13. The highest BCUT2D eigenvalue weighted by Gasteiger charge is 2.22. The largest absolute Gasteiger partial charge is 0.358 e.